The third-order valence-electron chi connectivity index (χ3n) is 2.40. The summed E-state index contributed by atoms with van der Waals surface area (Å²) in [4.78, 5) is 15.8. The van der Waals surface area contributed by atoms with E-state index in [0.717, 1.165) is 12.0 Å². The molecule has 0 unspecified atom stereocenters. The second kappa shape index (κ2) is 7.33. The average molecular weight is 252 g/mol. The number of rotatable bonds is 6. The Hall–Kier alpha value is -1.03. The highest BCUT2D eigenvalue weighted by molar-refractivity contribution is 7.99. The fourth-order valence-electron chi connectivity index (χ4n) is 1.70. The number of nitrogens with one attached hydrogen (secondary N) is 1. The minimum atomic E-state index is 0.0725. The van der Waals surface area contributed by atoms with Crippen LogP contribution in [0.5, 0.6) is 0 Å². The average Bonchev–Trinajstić information content (AvgIpc) is 2.29. The van der Waals surface area contributed by atoms with Gasteiger partial charge in [-0.05, 0) is 30.2 Å². The summed E-state index contributed by atoms with van der Waals surface area (Å²) in [5.41, 5.74) is 1.08. The predicted molar refractivity (Wildman–Crippen MR) is 73.0 cm³/mol. The van der Waals surface area contributed by atoms with Crippen LogP contribution in [0.15, 0.2) is 24.5 Å². The fraction of sp³-hybridized carbons (Fsp3) is 0.538. The summed E-state index contributed by atoms with van der Waals surface area (Å²) in [7, 11) is 0. The molecule has 1 amide bonds. The van der Waals surface area contributed by atoms with Gasteiger partial charge in [-0.2, -0.15) is 11.8 Å². The van der Waals surface area contributed by atoms with Gasteiger partial charge in [0.25, 0.3) is 0 Å². The topological polar surface area (TPSA) is 42.0 Å². The quantitative estimate of drug-likeness (QED) is 0.846. The number of amides is 1. The lowest BCUT2D eigenvalue weighted by Crippen LogP contribution is -2.30. The maximum atomic E-state index is 11.7. The van der Waals surface area contributed by atoms with Crippen LogP contribution in [0.3, 0.4) is 0 Å². The summed E-state index contributed by atoms with van der Waals surface area (Å²) in [5.74, 6) is 1.14. The maximum absolute atomic E-state index is 11.7. The summed E-state index contributed by atoms with van der Waals surface area (Å²) in [6.07, 6.45) is 6.44. The van der Waals surface area contributed by atoms with Crippen molar-refractivity contribution in [2.45, 2.75) is 26.3 Å². The molecule has 1 aromatic heterocycles. The van der Waals surface area contributed by atoms with Crippen molar-refractivity contribution in [1.29, 1.82) is 0 Å². The fourth-order valence-corrected chi connectivity index (χ4v) is 2.04. The van der Waals surface area contributed by atoms with Crippen molar-refractivity contribution in [2.24, 2.45) is 5.92 Å². The van der Waals surface area contributed by atoms with Gasteiger partial charge in [-0.1, -0.05) is 19.9 Å². The van der Waals surface area contributed by atoms with Gasteiger partial charge in [-0.15, -0.1) is 0 Å². The number of carbonyl (C=O) groups excluding carboxylic acids is 1. The van der Waals surface area contributed by atoms with E-state index in [-0.39, 0.29) is 11.9 Å². The lowest BCUT2D eigenvalue weighted by atomic mass is 9.98. The molecule has 1 heterocycles. The van der Waals surface area contributed by atoms with Gasteiger partial charge in [0.15, 0.2) is 0 Å². The van der Waals surface area contributed by atoms with Crippen LogP contribution in [-0.2, 0) is 4.79 Å². The molecular weight excluding hydrogens is 232 g/mol. The Bertz CT molecular complexity index is 341. The number of hydrogen-bond acceptors (Lipinski definition) is 3. The Morgan fingerprint density at radius 1 is 1.53 bits per heavy atom. The third kappa shape index (κ3) is 5.22. The summed E-state index contributed by atoms with van der Waals surface area (Å²) in [5, 5.41) is 3.07. The highest BCUT2D eigenvalue weighted by Crippen LogP contribution is 2.20. The number of aromatic nitrogens is 1. The van der Waals surface area contributed by atoms with E-state index < -0.39 is 0 Å². The van der Waals surface area contributed by atoms with E-state index in [2.05, 4.69) is 24.1 Å². The van der Waals surface area contributed by atoms with Gasteiger partial charge in [0, 0.05) is 12.4 Å². The SMILES string of the molecule is CSCC(=O)N[C@H](CC(C)C)c1cccnc1. The summed E-state index contributed by atoms with van der Waals surface area (Å²) >= 11 is 1.54. The highest BCUT2D eigenvalue weighted by Gasteiger charge is 2.15. The van der Waals surface area contributed by atoms with Crippen LogP contribution in [-0.4, -0.2) is 22.9 Å². The van der Waals surface area contributed by atoms with Gasteiger partial charge in [-0.3, -0.25) is 9.78 Å². The molecule has 1 atom stereocenters. The van der Waals surface area contributed by atoms with Crippen LogP contribution in [0.4, 0.5) is 0 Å². The van der Waals surface area contributed by atoms with Crippen LogP contribution in [0.2, 0.25) is 0 Å². The Morgan fingerprint density at radius 3 is 2.82 bits per heavy atom. The second-order valence-electron chi connectivity index (χ2n) is 4.47. The van der Waals surface area contributed by atoms with Crippen LogP contribution in [0.1, 0.15) is 31.9 Å². The molecule has 0 aromatic carbocycles. The first-order valence-electron chi connectivity index (χ1n) is 5.81. The number of thioether (sulfide) groups is 1. The zero-order chi connectivity index (χ0) is 12.7. The molecular formula is C13H20N2OS. The Morgan fingerprint density at radius 2 is 2.29 bits per heavy atom. The van der Waals surface area contributed by atoms with Gasteiger partial charge >= 0.3 is 0 Å². The standard InChI is InChI=1S/C13H20N2OS/c1-10(2)7-12(15-13(16)9-17-3)11-5-4-6-14-8-11/h4-6,8,10,12H,7,9H2,1-3H3,(H,15,16)/t12-/m1/s1. The second-order valence-corrected chi connectivity index (χ2v) is 5.34. The van der Waals surface area contributed by atoms with E-state index in [9.17, 15) is 4.79 Å². The van der Waals surface area contributed by atoms with Gasteiger partial charge in [-0.25, -0.2) is 0 Å². The largest absolute Gasteiger partial charge is 0.349 e. The summed E-state index contributed by atoms with van der Waals surface area (Å²) < 4.78 is 0. The lowest BCUT2D eigenvalue weighted by Gasteiger charge is -2.20. The molecule has 17 heavy (non-hydrogen) atoms. The summed E-state index contributed by atoms with van der Waals surface area (Å²) in [6, 6.07) is 3.99. The molecule has 0 aliphatic carbocycles. The maximum Gasteiger partial charge on any atom is 0.230 e. The number of nitrogens with zero attached hydrogens (tertiary/aromatic N) is 1. The molecule has 0 aliphatic heterocycles. The van der Waals surface area contributed by atoms with Crippen LogP contribution >= 0.6 is 11.8 Å². The normalized spacial score (nSPS) is 12.5. The number of hydrogen-bond donors (Lipinski definition) is 1. The molecule has 0 saturated heterocycles. The van der Waals surface area contributed by atoms with Crippen LogP contribution in [0.25, 0.3) is 0 Å². The Kier molecular flexibility index (Phi) is 6.05. The van der Waals surface area contributed by atoms with Crippen LogP contribution in [0, 0.1) is 5.92 Å². The van der Waals surface area contributed by atoms with Crippen molar-refractivity contribution in [3.05, 3.63) is 30.1 Å². The van der Waals surface area contributed by atoms with Crippen molar-refractivity contribution >= 4 is 17.7 Å². The smallest absolute Gasteiger partial charge is 0.230 e. The van der Waals surface area contributed by atoms with E-state index in [1.165, 1.54) is 11.8 Å². The zero-order valence-electron chi connectivity index (χ0n) is 10.6. The number of pyridine rings is 1. The first kappa shape index (κ1) is 14.0. The first-order valence-corrected chi connectivity index (χ1v) is 7.21. The zero-order valence-corrected chi connectivity index (χ0v) is 11.5. The molecule has 1 rings (SSSR count). The highest BCUT2D eigenvalue weighted by atomic mass is 32.2. The third-order valence-corrected chi connectivity index (χ3v) is 2.96. The monoisotopic (exact) mass is 252 g/mol. The van der Waals surface area contributed by atoms with E-state index >= 15 is 0 Å². The lowest BCUT2D eigenvalue weighted by molar-refractivity contribution is -0.119. The van der Waals surface area contributed by atoms with Crippen molar-refractivity contribution in [3.63, 3.8) is 0 Å². The van der Waals surface area contributed by atoms with Gasteiger partial charge in [0.05, 0.1) is 11.8 Å². The number of carbonyl (C=O) groups is 1. The van der Waals surface area contributed by atoms with E-state index in [4.69, 9.17) is 0 Å². The molecule has 1 aromatic rings. The molecule has 4 heteroatoms. The molecule has 0 bridgehead atoms. The molecule has 3 nitrogen and oxygen atoms in total. The van der Waals surface area contributed by atoms with E-state index in [1.807, 2.05) is 24.6 Å². The van der Waals surface area contributed by atoms with Gasteiger partial charge in [0.2, 0.25) is 5.91 Å². The Balaban J connectivity index is 2.70. The van der Waals surface area contributed by atoms with Gasteiger partial charge in [0.1, 0.15) is 0 Å². The minimum Gasteiger partial charge on any atom is -0.349 e. The molecule has 0 aliphatic rings. The van der Waals surface area contributed by atoms with Crippen molar-refractivity contribution < 1.29 is 4.79 Å². The molecule has 0 saturated carbocycles. The molecule has 94 valence electrons. The predicted octanol–water partition coefficient (Wildman–Crippen LogP) is 2.65. The van der Waals surface area contributed by atoms with Crippen molar-refractivity contribution in [3.8, 4) is 0 Å². The van der Waals surface area contributed by atoms with E-state index in [0.29, 0.717) is 11.7 Å². The molecule has 0 radical (unpaired) electrons. The van der Waals surface area contributed by atoms with Crippen molar-refractivity contribution in [2.75, 3.05) is 12.0 Å². The first-order chi connectivity index (χ1) is 8.13. The van der Waals surface area contributed by atoms with Gasteiger partial charge < -0.3 is 5.32 Å². The molecule has 1 N–H and O–H groups in total. The van der Waals surface area contributed by atoms with E-state index in [1.54, 1.807) is 6.20 Å². The van der Waals surface area contributed by atoms with Crippen molar-refractivity contribution in [1.82, 2.24) is 10.3 Å². The Labute approximate surface area is 107 Å². The molecule has 0 fully saturated rings. The molecule has 0 spiro atoms. The van der Waals surface area contributed by atoms with Crippen LogP contribution < -0.4 is 5.32 Å². The minimum absolute atomic E-state index is 0.0725. The summed E-state index contributed by atoms with van der Waals surface area (Å²) in [6.45, 7) is 4.31.